The average Bonchev–Trinajstić information content (AvgIpc) is 2.94. The van der Waals surface area contributed by atoms with Crippen LogP contribution >= 0.6 is 0 Å². The first kappa shape index (κ1) is 22.8. The summed E-state index contributed by atoms with van der Waals surface area (Å²) in [6.45, 7) is 15.9. The number of nitrogens with zero attached hydrogens (tertiary/aromatic N) is 1. The molecule has 2 nitrogen and oxygen atoms in total. The van der Waals surface area contributed by atoms with Gasteiger partial charge in [0.1, 0.15) is 0 Å². The third-order valence-electron chi connectivity index (χ3n) is 2.92. The van der Waals surface area contributed by atoms with Gasteiger partial charge >= 0.3 is 18.9 Å². The van der Waals surface area contributed by atoms with Gasteiger partial charge in [0, 0.05) is 13.2 Å². The zero-order valence-corrected chi connectivity index (χ0v) is 18.1. The Morgan fingerprint density at radius 3 is 1.83 bits per heavy atom. The van der Waals surface area contributed by atoms with E-state index in [0.29, 0.717) is 0 Å². The van der Waals surface area contributed by atoms with Crippen LogP contribution in [0.5, 0.6) is 0 Å². The fourth-order valence-electron chi connectivity index (χ4n) is 2.07. The van der Waals surface area contributed by atoms with Gasteiger partial charge in [0.2, 0.25) is 0 Å². The molecule has 23 heavy (non-hydrogen) atoms. The van der Waals surface area contributed by atoms with Crippen LogP contribution in [-0.4, -0.2) is 29.5 Å². The minimum absolute atomic E-state index is 0. The van der Waals surface area contributed by atoms with Gasteiger partial charge in [-0.2, -0.15) is 0 Å². The number of hydrogen-bond donors (Lipinski definition) is 0. The Bertz CT molecular complexity index is 453. The van der Waals surface area contributed by atoms with Crippen molar-refractivity contribution < 1.29 is 23.6 Å². The quantitative estimate of drug-likeness (QED) is 0.772. The molecule has 2 rings (SSSR count). The van der Waals surface area contributed by atoms with Crippen LogP contribution in [0.3, 0.4) is 0 Å². The van der Waals surface area contributed by atoms with Crippen LogP contribution in [0.1, 0.15) is 18.4 Å². The van der Waals surface area contributed by atoms with E-state index < -0.39 is 16.3 Å². The van der Waals surface area contributed by atoms with Gasteiger partial charge in [-0.1, -0.05) is 69.6 Å². The van der Waals surface area contributed by atoms with Gasteiger partial charge in [-0.15, -0.1) is 11.4 Å². The molecule has 0 amide bonds. The first-order valence-electron chi connectivity index (χ1n) is 8.26. The van der Waals surface area contributed by atoms with E-state index in [-0.39, 0.29) is 18.9 Å². The van der Waals surface area contributed by atoms with Gasteiger partial charge in [-0.3, -0.25) is 0 Å². The topological polar surface area (TPSA) is 23.3 Å². The van der Waals surface area contributed by atoms with Gasteiger partial charge in [-0.05, 0) is 26.6 Å². The normalized spacial score (nSPS) is 15.3. The van der Waals surface area contributed by atoms with Gasteiger partial charge in [0.15, 0.2) is 0 Å². The molecule has 0 spiro atoms. The van der Waals surface area contributed by atoms with Crippen molar-refractivity contribution in [2.45, 2.75) is 52.1 Å². The summed E-state index contributed by atoms with van der Waals surface area (Å²) < 4.78 is 4.94. The van der Waals surface area contributed by atoms with E-state index in [1.807, 2.05) is 0 Å². The van der Waals surface area contributed by atoms with Crippen molar-refractivity contribution in [2.24, 2.45) is 0 Å². The monoisotopic (exact) mass is 341 g/mol. The number of hydrogen-bond acceptors (Lipinski definition) is 1. The fraction of sp³-hybridized carbons (Fsp3) is 0.556. The standard InChI is InChI=1S/C14H24NSi2.C4H8O.Li/c1-16(2,3)12-14(15-17(4,5)6)13-10-8-7-9-11-13;1-2-4-5-3-1;/h7-12H,1-6H3;1-4H2;/q-1;;+1/b14-12+;;. The molecule has 124 valence electrons. The van der Waals surface area contributed by atoms with E-state index in [0.717, 1.165) is 13.2 Å². The Hall–Kier alpha value is -0.249. The van der Waals surface area contributed by atoms with Crippen molar-refractivity contribution in [1.29, 1.82) is 0 Å². The average molecular weight is 342 g/mol. The summed E-state index contributed by atoms with van der Waals surface area (Å²) in [4.78, 5) is 5.00. The molecule has 0 saturated carbocycles. The Morgan fingerprint density at radius 1 is 0.957 bits per heavy atom. The van der Waals surface area contributed by atoms with Crippen molar-refractivity contribution in [1.82, 2.24) is 0 Å². The molecule has 1 aliphatic heterocycles. The van der Waals surface area contributed by atoms with Crippen molar-refractivity contribution in [3.8, 4) is 0 Å². The second-order valence-corrected chi connectivity index (χ2v) is 17.4. The van der Waals surface area contributed by atoms with Gasteiger partial charge in [0.05, 0.1) is 8.07 Å². The summed E-state index contributed by atoms with van der Waals surface area (Å²) in [6, 6.07) is 10.6. The maximum Gasteiger partial charge on any atom is 1.00 e. The number of ether oxygens (including phenoxy) is 1. The SMILES string of the molecule is C1CCOC1.C[Si](C)(C)/C=C(/[N-][Si](C)(C)C)c1ccccc1.[Li+]. The van der Waals surface area contributed by atoms with Crippen molar-refractivity contribution in [3.05, 3.63) is 46.6 Å². The molecule has 0 unspecified atom stereocenters. The minimum Gasteiger partial charge on any atom is -0.687 e. The van der Waals surface area contributed by atoms with Gasteiger partial charge in [-0.25, -0.2) is 0 Å². The van der Waals surface area contributed by atoms with Gasteiger partial charge < -0.3 is 9.72 Å². The van der Waals surface area contributed by atoms with E-state index in [9.17, 15) is 0 Å². The summed E-state index contributed by atoms with van der Waals surface area (Å²) in [5.41, 5.74) is 4.89. The molecule has 0 aromatic heterocycles. The predicted molar refractivity (Wildman–Crippen MR) is 105 cm³/mol. The summed E-state index contributed by atoms with van der Waals surface area (Å²) in [5.74, 6) is 0. The third-order valence-corrected chi connectivity index (χ3v) is 4.97. The molecule has 0 N–H and O–H groups in total. The molecule has 1 saturated heterocycles. The van der Waals surface area contributed by atoms with Crippen LogP contribution in [0, 0.1) is 0 Å². The van der Waals surface area contributed by atoms with E-state index in [4.69, 9.17) is 9.72 Å². The summed E-state index contributed by atoms with van der Waals surface area (Å²) in [7, 11) is -2.66. The van der Waals surface area contributed by atoms with Crippen LogP contribution in [-0.2, 0) is 4.74 Å². The second kappa shape index (κ2) is 10.6. The van der Waals surface area contributed by atoms with Crippen LogP contribution in [0.15, 0.2) is 36.0 Å². The molecule has 1 fully saturated rings. The molecule has 1 aromatic rings. The maximum absolute atomic E-state index is 5.00. The first-order chi connectivity index (χ1) is 10.2. The van der Waals surface area contributed by atoms with E-state index in [1.165, 1.54) is 24.1 Å². The molecule has 0 aliphatic carbocycles. The van der Waals surface area contributed by atoms with Crippen molar-refractivity contribution in [3.63, 3.8) is 0 Å². The van der Waals surface area contributed by atoms with Crippen molar-refractivity contribution >= 4 is 22.0 Å². The fourth-order valence-corrected chi connectivity index (χ4v) is 4.17. The Balaban J connectivity index is 0.000000684. The summed E-state index contributed by atoms with van der Waals surface area (Å²) in [5, 5.41) is 0. The van der Waals surface area contributed by atoms with Crippen LogP contribution < -0.4 is 18.9 Å². The molecule has 0 bridgehead atoms. The van der Waals surface area contributed by atoms with Crippen LogP contribution in [0.25, 0.3) is 10.7 Å². The third kappa shape index (κ3) is 11.9. The summed E-state index contributed by atoms with van der Waals surface area (Å²) in [6.07, 6.45) is 2.56. The van der Waals surface area contributed by atoms with E-state index in [2.05, 4.69) is 75.3 Å². The van der Waals surface area contributed by atoms with E-state index in [1.54, 1.807) is 0 Å². The molecule has 0 atom stereocenters. The molecular formula is C18H32LiNOSi2. The molecule has 5 heteroatoms. The Kier molecular flexibility index (Phi) is 10.5. The number of rotatable bonds is 4. The largest absolute Gasteiger partial charge is 1.00 e. The molecule has 1 heterocycles. The molecule has 1 aliphatic rings. The Labute approximate surface area is 157 Å². The first-order valence-corrected chi connectivity index (χ1v) is 15.3. The predicted octanol–water partition coefficient (Wildman–Crippen LogP) is 2.91. The number of benzene rings is 1. The summed E-state index contributed by atoms with van der Waals surface area (Å²) >= 11 is 0. The maximum atomic E-state index is 5.00. The van der Waals surface area contributed by atoms with Crippen molar-refractivity contribution in [2.75, 3.05) is 13.2 Å². The minimum atomic E-state index is -1.42. The smallest absolute Gasteiger partial charge is 0.687 e. The van der Waals surface area contributed by atoms with E-state index >= 15 is 0 Å². The molecular weight excluding hydrogens is 309 g/mol. The van der Waals surface area contributed by atoms with Gasteiger partial charge in [0.25, 0.3) is 0 Å². The molecule has 1 aromatic carbocycles. The van der Waals surface area contributed by atoms with Crippen LogP contribution in [0.4, 0.5) is 0 Å². The zero-order valence-electron chi connectivity index (χ0n) is 16.1. The second-order valence-electron chi connectivity index (χ2n) is 7.86. The van der Waals surface area contributed by atoms with Crippen LogP contribution in [0.2, 0.25) is 39.3 Å². The molecule has 0 radical (unpaired) electrons. The Morgan fingerprint density at radius 2 is 1.48 bits per heavy atom. The zero-order chi connectivity index (χ0) is 16.6.